The number of unbranched alkanes of at least 4 members (excludes halogenated alkanes) is 2. The molecule has 0 aliphatic carbocycles. The Hall–Kier alpha value is -1.62. The quantitative estimate of drug-likeness (QED) is 0.103. The molecule has 3 unspecified atom stereocenters. The molecule has 0 saturated carbocycles. The summed E-state index contributed by atoms with van der Waals surface area (Å²) in [5, 5.41) is 0. The second-order valence-corrected chi connectivity index (χ2v) is 19.3. The third-order valence-corrected chi connectivity index (χ3v) is 11.8. The van der Waals surface area contributed by atoms with Gasteiger partial charge in [0.25, 0.3) is 0 Å². The number of halogens is 12. The third-order valence-electron chi connectivity index (χ3n) is 6.12. The maximum Gasteiger partial charge on any atom is 0.480 e. The van der Waals surface area contributed by atoms with Crippen LogP contribution in [0.2, 0.25) is 0 Å². The fourth-order valence-corrected chi connectivity index (χ4v) is 6.33. The van der Waals surface area contributed by atoms with E-state index < -0.39 is 75.0 Å². The Balaban J connectivity index is -0.000000330. The van der Waals surface area contributed by atoms with Crippen LogP contribution in [-0.4, -0.2) is 143 Å². The normalized spacial score (nSPS) is 16.0. The lowest BCUT2D eigenvalue weighted by Gasteiger charge is -2.22. The zero-order valence-electron chi connectivity index (χ0n) is 31.8. The van der Waals surface area contributed by atoms with Crippen LogP contribution in [-0.2, 0) is 53.0 Å². The first-order chi connectivity index (χ1) is 26.2. The van der Waals surface area contributed by atoms with E-state index in [0.29, 0.717) is 0 Å². The van der Waals surface area contributed by atoms with E-state index in [0.717, 1.165) is 42.1 Å². The van der Waals surface area contributed by atoms with Gasteiger partial charge < -0.3 is 39.0 Å². The van der Waals surface area contributed by atoms with Gasteiger partial charge in [-0.15, -0.1) is 0 Å². The molecule has 0 saturated heterocycles. The largest absolute Gasteiger partial charge is 0.766 e. The topological polar surface area (TPSA) is 228 Å². The lowest BCUT2D eigenvalue weighted by atomic mass is 10.3. The summed E-state index contributed by atoms with van der Waals surface area (Å²) >= 11 is -5.85. The van der Waals surface area contributed by atoms with Gasteiger partial charge in [0.15, 0.2) is 20.0 Å². The van der Waals surface area contributed by atoms with Gasteiger partial charge in [-0.1, -0.05) is 40.5 Å². The minimum Gasteiger partial charge on any atom is -0.766 e. The van der Waals surface area contributed by atoms with Crippen molar-refractivity contribution in [1.29, 1.82) is 0 Å². The Morgan fingerprint density at radius 3 is 1.17 bits per heavy atom. The fraction of sp³-hybridized carbons (Fsp3) is 0.846. The number of rotatable bonds is 16. The van der Waals surface area contributed by atoms with Crippen LogP contribution in [0.5, 0.6) is 0 Å². The number of hydrogen-bond donors (Lipinski definition) is 1. The summed E-state index contributed by atoms with van der Waals surface area (Å²) in [6, 6.07) is 0. The van der Waals surface area contributed by atoms with E-state index in [1.54, 1.807) is 0 Å². The molecule has 0 fully saturated rings. The zero-order chi connectivity index (χ0) is 46.2. The average Bonchev–Trinajstić information content (AvgIpc) is 3.73. The van der Waals surface area contributed by atoms with E-state index in [2.05, 4.69) is 65.2 Å². The van der Waals surface area contributed by atoms with Gasteiger partial charge in [-0.05, 0) is 18.6 Å². The Morgan fingerprint density at radius 2 is 0.915 bits per heavy atom. The lowest BCUT2D eigenvalue weighted by Crippen LogP contribution is -2.30. The molecule has 0 aromatic heterocycles. The van der Waals surface area contributed by atoms with Crippen molar-refractivity contribution < 1.29 is 91.3 Å². The zero-order valence-corrected chi connectivity index (χ0v) is 36.7. The van der Waals surface area contributed by atoms with E-state index in [-0.39, 0.29) is 6.15 Å². The molecule has 0 amide bonds. The van der Waals surface area contributed by atoms with E-state index in [4.69, 9.17) is 17.5 Å². The van der Waals surface area contributed by atoms with Crippen molar-refractivity contribution in [2.45, 2.75) is 75.4 Å². The smallest absolute Gasteiger partial charge is 0.480 e. The second kappa shape index (κ2) is 30.4. The maximum absolute atomic E-state index is 11.4. The van der Waals surface area contributed by atoms with Crippen LogP contribution < -0.4 is 6.15 Å². The second-order valence-electron chi connectivity index (χ2n) is 10.7. The lowest BCUT2D eigenvalue weighted by molar-refractivity contribution is -0.0458. The summed E-state index contributed by atoms with van der Waals surface area (Å²) in [7, 11) is -14.1. The van der Waals surface area contributed by atoms with Gasteiger partial charge in [-0.3, -0.25) is 12.6 Å². The molecule has 358 valence electrons. The van der Waals surface area contributed by atoms with Crippen LogP contribution in [0.15, 0.2) is 24.8 Å². The van der Waals surface area contributed by atoms with Crippen LogP contribution in [0.1, 0.15) is 53.4 Å². The number of thioether (sulfide) groups is 1. The molecule has 0 spiro atoms. The monoisotopic (exact) mass is 1010 g/mol. The number of alkyl halides is 12. The Kier molecular flexibility index (Phi) is 33.0. The van der Waals surface area contributed by atoms with Gasteiger partial charge in [0.1, 0.15) is 0 Å². The van der Waals surface area contributed by atoms with Crippen LogP contribution in [0.4, 0.5) is 52.7 Å². The van der Waals surface area contributed by atoms with Crippen molar-refractivity contribution in [3.8, 4) is 0 Å². The van der Waals surface area contributed by atoms with Crippen LogP contribution in [0.25, 0.3) is 4.13 Å². The predicted molar refractivity (Wildman–Crippen MR) is 199 cm³/mol. The molecule has 0 radical (unpaired) electrons. The molecule has 0 aromatic rings. The van der Waals surface area contributed by atoms with Crippen molar-refractivity contribution in [2.75, 3.05) is 62.5 Å². The van der Waals surface area contributed by atoms with Crippen molar-refractivity contribution in [3.05, 3.63) is 28.9 Å². The van der Waals surface area contributed by atoms with Gasteiger partial charge >= 0.3 is 22.0 Å². The van der Waals surface area contributed by atoms with Crippen molar-refractivity contribution in [2.24, 2.45) is 0 Å². The molecule has 2 heterocycles. The predicted octanol–water partition coefficient (Wildman–Crippen LogP) is 6.18. The molecule has 2 aliphatic rings. The third kappa shape index (κ3) is 31.8. The summed E-state index contributed by atoms with van der Waals surface area (Å²) in [5.74, 6) is 4.05. The van der Waals surface area contributed by atoms with Crippen molar-refractivity contribution in [1.82, 2.24) is 25.8 Å². The molecule has 59 heavy (non-hydrogen) atoms. The highest BCUT2D eigenvalue weighted by Gasteiger charge is 2.47. The van der Waals surface area contributed by atoms with Gasteiger partial charge in [0.05, 0.1) is 35.5 Å². The first-order valence-electron chi connectivity index (χ1n) is 16.2. The van der Waals surface area contributed by atoms with Gasteiger partial charge in [-0.25, -0.2) is 16.8 Å². The summed E-state index contributed by atoms with van der Waals surface area (Å²) in [5.41, 5.74) is -22.6. The minimum atomic E-state index is -6.72. The first-order valence-corrected chi connectivity index (χ1v) is 23.8. The number of sulfonamides is 2. The summed E-state index contributed by atoms with van der Waals surface area (Å²) in [6.07, 6.45) is 13.8. The van der Waals surface area contributed by atoms with E-state index in [9.17, 15) is 73.7 Å². The van der Waals surface area contributed by atoms with E-state index >= 15 is 0 Å². The summed E-state index contributed by atoms with van der Waals surface area (Å²) in [6.45, 7) is 15.2. The Labute approximate surface area is 347 Å². The van der Waals surface area contributed by atoms with Crippen molar-refractivity contribution >= 4 is 64.8 Å². The molecule has 3 N–H and O–H groups in total. The molecule has 2 aliphatic heterocycles. The first kappa shape index (κ1) is 64.0. The van der Waals surface area contributed by atoms with Crippen molar-refractivity contribution in [3.63, 3.8) is 0 Å². The van der Waals surface area contributed by atoms with Gasteiger partial charge in [-0.2, -0.15) is 64.4 Å². The Bertz CT molecular complexity index is 1440. The van der Waals surface area contributed by atoms with Gasteiger partial charge in [0, 0.05) is 79.0 Å². The number of hydrogen-bond acceptors (Lipinski definition) is 15. The highest BCUT2D eigenvalue weighted by atomic mass is 32.3. The van der Waals surface area contributed by atoms with E-state index in [1.165, 1.54) is 50.3 Å². The summed E-state index contributed by atoms with van der Waals surface area (Å²) in [4.78, 5) is 9.36. The average molecular weight is 1010 g/mol. The highest BCUT2D eigenvalue weighted by molar-refractivity contribution is 8.13. The Morgan fingerprint density at radius 1 is 0.610 bits per heavy atom. The summed E-state index contributed by atoms with van der Waals surface area (Å²) < 4.78 is 219. The molecule has 15 nitrogen and oxygen atoms in total. The SMILES string of the molecule is CCCCN1C=CN(CCS(=O)CC)C1.CCCCN1C=CN(CCSCC)C1.N.O=S(=O)([N-]S(=O)(=O)C(F)(F)F)C(F)(F)F.O=S([O-])C(F)(F)F.O=S([O-])C(F)(F)F. The van der Waals surface area contributed by atoms with E-state index in [1.807, 2.05) is 18.7 Å². The molecular formula is C26H47F12N6O9S6-3. The highest BCUT2D eigenvalue weighted by Crippen LogP contribution is 2.36. The van der Waals surface area contributed by atoms with Crippen LogP contribution in [0, 0.1) is 0 Å². The molecule has 33 heteroatoms. The number of nitrogens with zero attached hydrogens (tertiary/aromatic N) is 5. The van der Waals surface area contributed by atoms with Crippen LogP contribution >= 0.6 is 11.8 Å². The van der Waals surface area contributed by atoms with Crippen LogP contribution in [0.3, 0.4) is 0 Å². The minimum absolute atomic E-state index is 0. The molecule has 3 atom stereocenters. The maximum atomic E-state index is 11.4. The molecular weight excluding hydrogens is 961 g/mol. The molecule has 0 aromatic carbocycles. The van der Waals surface area contributed by atoms with Gasteiger partial charge in [0.2, 0.25) is 0 Å². The standard InChI is InChI=1S/C11H22N2OS.C11H22N2S.C2F6NO4S2.2CHF3O2S.H3N/c1-3-5-6-12-7-8-13(11-12)9-10-15(14)4-2;1-3-5-6-12-7-8-13(11-12)9-10-14-4-2;3-1(4,5)14(10,11)9-15(12,13)2(6,7)8;2*2-1(3,4)7(5)6;/h7-8H,3-6,9-11H2,1-2H3;7-8H,3-6,9-11H2,1-2H3;;2*(H,5,6);1H3/q;;-1;;;/p-2. The molecule has 0 bridgehead atoms. The fourth-order valence-electron chi connectivity index (χ4n) is 3.24. The molecule has 2 rings (SSSR count).